The second kappa shape index (κ2) is 10.2. The van der Waals surface area contributed by atoms with Crippen molar-refractivity contribution in [1.29, 1.82) is 0 Å². The van der Waals surface area contributed by atoms with Crippen molar-refractivity contribution in [1.82, 2.24) is 14.8 Å². The molecule has 0 bridgehead atoms. The number of carbonyl (C=O) groups is 1. The predicted molar refractivity (Wildman–Crippen MR) is 129 cm³/mol. The van der Waals surface area contributed by atoms with E-state index >= 15 is 0 Å². The zero-order valence-electron chi connectivity index (χ0n) is 17.2. The molecule has 0 spiro atoms. The number of hydrogen-bond acceptors (Lipinski definition) is 6. The van der Waals surface area contributed by atoms with E-state index in [1.54, 1.807) is 29.2 Å². The van der Waals surface area contributed by atoms with Gasteiger partial charge in [-0.15, -0.1) is 0 Å². The Kier molecular flexibility index (Phi) is 6.94. The van der Waals surface area contributed by atoms with E-state index in [0.29, 0.717) is 28.7 Å². The quantitative estimate of drug-likeness (QED) is 0.337. The van der Waals surface area contributed by atoms with E-state index < -0.39 is 0 Å². The maximum Gasteiger partial charge on any atom is 0.258 e. The highest BCUT2D eigenvalue weighted by Gasteiger charge is 2.14. The van der Waals surface area contributed by atoms with Gasteiger partial charge >= 0.3 is 0 Å². The third-order valence-electron chi connectivity index (χ3n) is 4.44. The molecular weight excluding hydrogens is 446 g/mol. The molecule has 0 aliphatic heterocycles. The Morgan fingerprint density at radius 1 is 1.12 bits per heavy atom. The molecule has 2 aromatic carbocycles. The van der Waals surface area contributed by atoms with Crippen LogP contribution in [0.15, 0.2) is 79.3 Å². The van der Waals surface area contributed by atoms with E-state index in [4.69, 9.17) is 16.3 Å². The first kappa shape index (κ1) is 21.7. The van der Waals surface area contributed by atoms with Crippen LogP contribution in [-0.4, -0.2) is 26.9 Å². The van der Waals surface area contributed by atoms with Gasteiger partial charge in [0.25, 0.3) is 5.91 Å². The molecule has 4 rings (SSSR count). The second-order valence-electron chi connectivity index (χ2n) is 6.75. The Morgan fingerprint density at radius 3 is 2.75 bits per heavy atom. The van der Waals surface area contributed by atoms with Gasteiger partial charge < -0.3 is 14.8 Å². The van der Waals surface area contributed by atoms with E-state index in [9.17, 15) is 4.79 Å². The number of ether oxygens (including phenoxy) is 1. The third kappa shape index (κ3) is 5.40. The van der Waals surface area contributed by atoms with Gasteiger partial charge in [-0.2, -0.15) is 5.10 Å². The highest BCUT2D eigenvalue weighted by Crippen LogP contribution is 2.24. The van der Waals surface area contributed by atoms with E-state index in [1.807, 2.05) is 54.8 Å². The van der Waals surface area contributed by atoms with Gasteiger partial charge in [-0.3, -0.25) is 4.79 Å². The van der Waals surface area contributed by atoms with Crippen LogP contribution in [0.5, 0.6) is 5.75 Å². The first-order valence-corrected chi connectivity index (χ1v) is 11.3. The van der Waals surface area contributed by atoms with Crippen LogP contribution in [0.25, 0.3) is 5.82 Å². The van der Waals surface area contributed by atoms with Crippen molar-refractivity contribution >= 4 is 40.8 Å². The molecule has 2 N–H and O–H groups in total. The van der Waals surface area contributed by atoms with E-state index in [-0.39, 0.29) is 5.91 Å². The molecule has 0 unspecified atom stereocenters. The smallest absolute Gasteiger partial charge is 0.258 e. The number of aromatic nitrogens is 3. The lowest BCUT2D eigenvalue weighted by Gasteiger charge is -2.10. The summed E-state index contributed by atoms with van der Waals surface area (Å²) >= 11 is 7.59. The van der Waals surface area contributed by atoms with Crippen molar-refractivity contribution in [2.24, 2.45) is 0 Å². The summed E-state index contributed by atoms with van der Waals surface area (Å²) in [7, 11) is 0. The summed E-state index contributed by atoms with van der Waals surface area (Å²) < 4.78 is 10.5. The summed E-state index contributed by atoms with van der Waals surface area (Å²) in [5.41, 5.74) is 2.62. The minimum atomic E-state index is -0.299. The average Bonchev–Trinajstić information content (AvgIpc) is 3.29. The van der Waals surface area contributed by atoms with Crippen molar-refractivity contribution in [3.63, 3.8) is 0 Å². The lowest BCUT2D eigenvalue weighted by Crippen LogP contribution is -2.11. The molecule has 0 radical (unpaired) electrons. The molecule has 0 atom stereocenters. The summed E-state index contributed by atoms with van der Waals surface area (Å²) in [6.45, 7) is 0.322. The lowest BCUT2D eigenvalue weighted by atomic mass is 10.2. The number of nitrogens with one attached hydrogen (secondary N) is 2. The van der Waals surface area contributed by atoms with Gasteiger partial charge in [0.1, 0.15) is 12.4 Å². The highest BCUT2D eigenvalue weighted by molar-refractivity contribution is 7.99. The molecule has 162 valence electrons. The summed E-state index contributed by atoms with van der Waals surface area (Å²) in [6, 6.07) is 18.6. The fourth-order valence-electron chi connectivity index (χ4n) is 3.02. The van der Waals surface area contributed by atoms with Gasteiger partial charge in [0, 0.05) is 40.6 Å². The Labute approximate surface area is 194 Å². The number of rotatable bonds is 8. The molecule has 0 aliphatic rings. The van der Waals surface area contributed by atoms with Crippen molar-refractivity contribution in [2.75, 3.05) is 16.3 Å². The zero-order chi connectivity index (χ0) is 22.3. The second-order valence-corrected chi connectivity index (χ2v) is 7.80. The number of carbonyl (C=O) groups excluding carboxylic acids is 1. The number of amides is 1. The first-order chi connectivity index (χ1) is 15.6. The van der Waals surface area contributed by atoms with Crippen molar-refractivity contribution in [2.45, 2.75) is 6.61 Å². The van der Waals surface area contributed by atoms with Gasteiger partial charge in [0.2, 0.25) is 0 Å². The molecule has 1 amide bonds. The number of halogens is 1. The number of para-hydroxylation sites is 1. The maximum atomic E-state index is 12.8. The predicted octanol–water partition coefficient (Wildman–Crippen LogP) is 5.44. The minimum absolute atomic E-state index is 0.299. The van der Waals surface area contributed by atoms with Crippen LogP contribution in [0.4, 0.5) is 11.4 Å². The molecule has 9 heteroatoms. The van der Waals surface area contributed by atoms with Crippen molar-refractivity contribution < 1.29 is 9.53 Å². The molecule has 0 saturated carbocycles. The topological polar surface area (TPSA) is 81.1 Å². The molecule has 2 aromatic heterocycles. The number of hydrogen-bond donors (Lipinski definition) is 2. The molecule has 0 saturated heterocycles. The van der Waals surface area contributed by atoms with E-state index in [1.165, 1.54) is 18.1 Å². The Morgan fingerprint density at radius 2 is 1.94 bits per heavy atom. The van der Waals surface area contributed by atoms with E-state index in [0.717, 1.165) is 17.0 Å². The van der Waals surface area contributed by atoms with Crippen LogP contribution in [-0.2, 0) is 6.61 Å². The monoisotopic (exact) mass is 465 g/mol. The summed E-state index contributed by atoms with van der Waals surface area (Å²) in [5, 5.41) is 7.70. The van der Waals surface area contributed by atoms with Crippen molar-refractivity contribution in [3.05, 3.63) is 95.4 Å². The van der Waals surface area contributed by atoms with Crippen LogP contribution in [0.3, 0.4) is 0 Å². The van der Waals surface area contributed by atoms with E-state index in [2.05, 4.69) is 20.1 Å². The van der Waals surface area contributed by atoms with Crippen LogP contribution in [0, 0.1) is 0 Å². The lowest BCUT2D eigenvalue weighted by molar-refractivity contribution is 0.102. The van der Waals surface area contributed by atoms with Gasteiger partial charge in [0.15, 0.2) is 5.82 Å². The largest absolute Gasteiger partial charge is 0.489 e. The van der Waals surface area contributed by atoms with Crippen LogP contribution < -0.4 is 14.8 Å². The number of anilines is 2. The Balaban J connectivity index is 1.50. The minimum Gasteiger partial charge on any atom is -0.489 e. The number of nitrogens with zero attached hydrogens (tertiary/aromatic N) is 3. The fourth-order valence-corrected chi connectivity index (χ4v) is 3.61. The Hall–Kier alpha value is -3.49. The molecular formula is C23H20ClN5O2S. The van der Waals surface area contributed by atoms with Crippen LogP contribution in [0.2, 0.25) is 5.02 Å². The van der Waals surface area contributed by atoms with Gasteiger partial charge in [-0.05, 0) is 36.4 Å². The molecule has 0 fully saturated rings. The van der Waals surface area contributed by atoms with Gasteiger partial charge in [-0.25, -0.2) is 9.67 Å². The maximum absolute atomic E-state index is 12.8. The van der Waals surface area contributed by atoms with Gasteiger partial charge in [0.05, 0.1) is 11.8 Å². The standard InChI is InChI=1S/C23H20ClN5O2S/c1-32-28-20-11-18(24)10-19(12-20)27-23(30)17-13-26-29(14-17)22-16(6-5-9-25-22)15-31-21-7-3-2-4-8-21/h2-14,28H,15H2,1H3,(H,27,30). The highest BCUT2D eigenvalue weighted by atomic mass is 35.5. The van der Waals surface area contributed by atoms with Crippen LogP contribution >= 0.6 is 23.5 Å². The van der Waals surface area contributed by atoms with Crippen molar-refractivity contribution in [3.8, 4) is 11.6 Å². The molecule has 2 heterocycles. The van der Waals surface area contributed by atoms with Crippen LogP contribution in [0.1, 0.15) is 15.9 Å². The average molecular weight is 466 g/mol. The summed E-state index contributed by atoms with van der Waals surface area (Å²) in [6.07, 6.45) is 6.71. The molecule has 4 aromatic rings. The summed E-state index contributed by atoms with van der Waals surface area (Å²) in [4.78, 5) is 17.2. The molecule has 7 nitrogen and oxygen atoms in total. The number of pyridine rings is 1. The normalized spacial score (nSPS) is 10.6. The fraction of sp³-hybridized carbons (Fsp3) is 0.0870. The number of benzene rings is 2. The van der Waals surface area contributed by atoms with Gasteiger partial charge in [-0.1, -0.05) is 47.8 Å². The molecule has 32 heavy (non-hydrogen) atoms. The zero-order valence-corrected chi connectivity index (χ0v) is 18.7. The first-order valence-electron chi connectivity index (χ1n) is 9.70. The molecule has 0 aliphatic carbocycles. The Bertz CT molecular complexity index is 1220. The third-order valence-corrected chi connectivity index (χ3v) is 5.10. The summed E-state index contributed by atoms with van der Waals surface area (Å²) in [5.74, 6) is 1.06. The SMILES string of the molecule is CSNc1cc(Cl)cc(NC(=O)c2cnn(-c3ncccc3COc3ccccc3)c2)c1.